The van der Waals surface area contributed by atoms with Crippen molar-refractivity contribution in [2.45, 2.75) is 38.7 Å². The Balaban J connectivity index is 2.03. The molecule has 2 aliphatic rings. The Morgan fingerprint density at radius 1 is 0.850 bits per heavy atom. The van der Waals surface area contributed by atoms with Gasteiger partial charge in [-0.25, -0.2) is 0 Å². The third-order valence-electron chi connectivity index (χ3n) is 4.78. The van der Waals surface area contributed by atoms with Gasteiger partial charge in [0.2, 0.25) is 0 Å². The number of hydrogen-bond donors (Lipinski definition) is 0. The molecule has 1 saturated heterocycles. The fourth-order valence-corrected chi connectivity index (χ4v) is 3.82. The highest BCUT2D eigenvalue weighted by Crippen LogP contribution is 2.53. The minimum absolute atomic E-state index is 0.180. The van der Waals surface area contributed by atoms with E-state index >= 15 is 0 Å². The SMILES string of the molecule is Cc1ccc2c(c1)C1(CCCCO1)c1cc(C)ccc1-2. The second-order valence-electron chi connectivity index (χ2n) is 6.23. The van der Waals surface area contributed by atoms with E-state index in [4.69, 9.17) is 4.74 Å². The quantitative estimate of drug-likeness (QED) is 0.668. The van der Waals surface area contributed by atoms with Gasteiger partial charge in [0.05, 0.1) is 0 Å². The van der Waals surface area contributed by atoms with Gasteiger partial charge in [0.1, 0.15) is 5.60 Å². The van der Waals surface area contributed by atoms with Gasteiger partial charge in [0, 0.05) is 6.61 Å². The van der Waals surface area contributed by atoms with Crippen LogP contribution in [-0.2, 0) is 10.3 Å². The monoisotopic (exact) mass is 264 g/mol. The Bertz CT molecular complexity index is 625. The Kier molecular flexibility index (Phi) is 2.55. The molecule has 2 aromatic rings. The molecule has 102 valence electrons. The molecule has 1 heterocycles. The van der Waals surface area contributed by atoms with Gasteiger partial charge in [0.15, 0.2) is 0 Å². The summed E-state index contributed by atoms with van der Waals surface area (Å²) >= 11 is 0. The predicted octanol–water partition coefficient (Wildman–Crippen LogP) is 4.73. The van der Waals surface area contributed by atoms with E-state index in [1.807, 2.05) is 0 Å². The first kappa shape index (κ1) is 12.2. The molecule has 1 nitrogen and oxygen atoms in total. The van der Waals surface area contributed by atoms with Crippen molar-refractivity contribution in [2.75, 3.05) is 6.61 Å². The van der Waals surface area contributed by atoms with Crippen molar-refractivity contribution in [3.05, 3.63) is 58.7 Å². The van der Waals surface area contributed by atoms with Gasteiger partial charge in [-0.2, -0.15) is 0 Å². The van der Waals surface area contributed by atoms with Gasteiger partial charge in [-0.05, 0) is 55.4 Å². The summed E-state index contributed by atoms with van der Waals surface area (Å²) in [5.74, 6) is 0. The number of aryl methyl sites for hydroxylation is 2. The van der Waals surface area contributed by atoms with Crippen LogP contribution < -0.4 is 0 Å². The molecule has 1 aliphatic carbocycles. The van der Waals surface area contributed by atoms with Gasteiger partial charge >= 0.3 is 0 Å². The highest BCUT2D eigenvalue weighted by molar-refractivity contribution is 5.81. The lowest BCUT2D eigenvalue weighted by atomic mass is 9.83. The molecule has 0 atom stereocenters. The summed E-state index contributed by atoms with van der Waals surface area (Å²) in [6.07, 6.45) is 3.55. The molecule has 4 rings (SSSR count). The predicted molar refractivity (Wildman–Crippen MR) is 81.9 cm³/mol. The zero-order valence-corrected chi connectivity index (χ0v) is 12.2. The average molecular weight is 264 g/mol. The molecule has 0 radical (unpaired) electrons. The summed E-state index contributed by atoms with van der Waals surface area (Å²) in [6, 6.07) is 13.6. The third-order valence-corrected chi connectivity index (χ3v) is 4.78. The van der Waals surface area contributed by atoms with E-state index in [1.165, 1.54) is 46.2 Å². The Morgan fingerprint density at radius 3 is 1.95 bits per heavy atom. The van der Waals surface area contributed by atoms with Crippen LogP contribution in [0.3, 0.4) is 0 Å². The summed E-state index contributed by atoms with van der Waals surface area (Å²) in [4.78, 5) is 0. The molecule has 1 fully saturated rings. The highest BCUT2D eigenvalue weighted by atomic mass is 16.5. The Labute approximate surface area is 120 Å². The summed E-state index contributed by atoms with van der Waals surface area (Å²) < 4.78 is 6.39. The summed E-state index contributed by atoms with van der Waals surface area (Å²) in [7, 11) is 0. The van der Waals surface area contributed by atoms with Crippen LogP contribution in [0.1, 0.15) is 41.5 Å². The van der Waals surface area contributed by atoms with Crippen molar-refractivity contribution >= 4 is 0 Å². The average Bonchev–Trinajstić information content (AvgIpc) is 2.70. The number of rotatable bonds is 0. The van der Waals surface area contributed by atoms with Crippen LogP contribution in [0.25, 0.3) is 11.1 Å². The molecule has 0 N–H and O–H groups in total. The maximum atomic E-state index is 6.39. The van der Waals surface area contributed by atoms with Gasteiger partial charge in [0.25, 0.3) is 0 Å². The lowest BCUT2D eigenvalue weighted by Gasteiger charge is -2.36. The van der Waals surface area contributed by atoms with E-state index in [2.05, 4.69) is 50.2 Å². The van der Waals surface area contributed by atoms with Crippen LogP contribution in [0.4, 0.5) is 0 Å². The largest absolute Gasteiger partial charge is 0.365 e. The lowest BCUT2D eigenvalue weighted by molar-refractivity contribution is -0.0502. The van der Waals surface area contributed by atoms with E-state index in [9.17, 15) is 0 Å². The van der Waals surface area contributed by atoms with Crippen molar-refractivity contribution in [3.8, 4) is 11.1 Å². The molecular weight excluding hydrogens is 244 g/mol. The van der Waals surface area contributed by atoms with Crippen LogP contribution in [-0.4, -0.2) is 6.61 Å². The van der Waals surface area contributed by atoms with Gasteiger partial charge in [-0.3, -0.25) is 0 Å². The first-order valence-electron chi connectivity index (χ1n) is 7.57. The van der Waals surface area contributed by atoms with Crippen molar-refractivity contribution in [1.82, 2.24) is 0 Å². The molecule has 0 amide bonds. The van der Waals surface area contributed by atoms with Crippen LogP contribution in [0, 0.1) is 13.8 Å². The first-order valence-corrected chi connectivity index (χ1v) is 7.57. The summed E-state index contributed by atoms with van der Waals surface area (Å²) in [6.45, 7) is 5.22. The fraction of sp³-hybridized carbons (Fsp3) is 0.368. The maximum Gasteiger partial charge on any atom is 0.119 e. The van der Waals surface area contributed by atoms with E-state index in [0.29, 0.717) is 0 Å². The maximum absolute atomic E-state index is 6.39. The van der Waals surface area contributed by atoms with Crippen molar-refractivity contribution in [2.24, 2.45) is 0 Å². The third kappa shape index (κ3) is 1.53. The number of fused-ring (bicyclic) bond motifs is 5. The van der Waals surface area contributed by atoms with E-state index < -0.39 is 0 Å². The number of hydrogen-bond acceptors (Lipinski definition) is 1. The molecule has 0 aromatic heterocycles. The second-order valence-corrected chi connectivity index (χ2v) is 6.23. The Hall–Kier alpha value is -1.60. The molecule has 2 aromatic carbocycles. The zero-order chi connectivity index (χ0) is 13.7. The normalized spacial score (nSPS) is 18.9. The van der Waals surface area contributed by atoms with E-state index in [0.717, 1.165) is 13.0 Å². The van der Waals surface area contributed by atoms with Crippen LogP contribution >= 0.6 is 0 Å². The summed E-state index contributed by atoms with van der Waals surface area (Å²) in [5.41, 5.74) is 7.97. The first-order chi connectivity index (χ1) is 9.71. The second kappa shape index (κ2) is 4.20. The smallest absolute Gasteiger partial charge is 0.119 e. The van der Waals surface area contributed by atoms with Gasteiger partial charge < -0.3 is 4.74 Å². The molecule has 1 spiro atoms. The molecular formula is C19H20O. The van der Waals surface area contributed by atoms with Gasteiger partial charge in [-0.15, -0.1) is 0 Å². The number of benzene rings is 2. The highest BCUT2D eigenvalue weighted by Gasteiger charge is 2.45. The fourth-order valence-electron chi connectivity index (χ4n) is 3.82. The topological polar surface area (TPSA) is 9.23 Å². The molecule has 0 unspecified atom stereocenters. The van der Waals surface area contributed by atoms with Crippen LogP contribution in [0.2, 0.25) is 0 Å². The van der Waals surface area contributed by atoms with Crippen molar-refractivity contribution < 1.29 is 4.74 Å². The van der Waals surface area contributed by atoms with Crippen LogP contribution in [0.15, 0.2) is 36.4 Å². The Morgan fingerprint density at radius 2 is 1.45 bits per heavy atom. The van der Waals surface area contributed by atoms with Crippen LogP contribution in [0.5, 0.6) is 0 Å². The molecule has 1 aliphatic heterocycles. The lowest BCUT2D eigenvalue weighted by Crippen LogP contribution is -2.33. The standard InChI is InChI=1S/C19H20O/c1-13-5-7-15-16-8-6-14(2)12-18(16)19(17(15)11-13)9-3-4-10-20-19/h5-8,11-12H,3-4,9-10H2,1-2H3. The van der Waals surface area contributed by atoms with E-state index in [-0.39, 0.29) is 5.60 Å². The van der Waals surface area contributed by atoms with E-state index in [1.54, 1.807) is 0 Å². The van der Waals surface area contributed by atoms with Gasteiger partial charge in [-0.1, -0.05) is 47.5 Å². The van der Waals surface area contributed by atoms with Crippen molar-refractivity contribution in [3.63, 3.8) is 0 Å². The minimum atomic E-state index is -0.180. The summed E-state index contributed by atoms with van der Waals surface area (Å²) in [5, 5.41) is 0. The molecule has 0 bridgehead atoms. The molecule has 0 saturated carbocycles. The van der Waals surface area contributed by atoms with Crippen molar-refractivity contribution in [1.29, 1.82) is 0 Å². The zero-order valence-electron chi connectivity index (χ0n) is 12.2. The molecule has 1 heteroatoms. The minimum Gasteiger partial charge on any atom is -0.365 e. The molecule has 20 heavy (non-hydrogen) atoms. The number of ether oxygens (including phenoxy) is 1.